The minimum atomic E-state index is -0.136. The van der Waals surface area contributed by atoms with E-state index in [1.54, 1.807) is 42.5 Å². The van der Waals surface area contributed by atoms with Crippen molar-refractivity contribution in [2.75, 3.05) is 20.2 Å². The van der Waals surface area contributed by atoms with Crippen LogP contribution in [0.3, 0.4) is 0 Å². The molecule has 2 heterocycles. The summed E-state index contributed by atoms with van der Waals surface area (Å²) in [7, 11) is 1.59. The van der Waals surface area contributed by atoms with Gasteiger partial charge in [-0.1, -0.05) is 36.4 Å². The summed E-state index contributed by atoms with van der Waals surface area (Å²) in [6.45, 7) is 1.01. The fraction of sp³-hybridized carbons (Fsp3) is 0.269. The van der Waals surface area contributed by atoms with Crippen molar-refractivity contribution in [3.63, 3.8) is 0 Å². The molecule has 0 unspecified atom stereocenters. The highest BCUT2D eigenvalue weighted by molar-refractivity contribution is 5.97. The minimum absolute atomic E-state index is 0.0539. The molecule has 6 heteroatoms. The first-order valence-electron chi connectivity index (χ1n) is 10.8. The maximum atomic E-state index is 13.2. The lowest BCUT2D eigenvalue weighted by Crippen LogP contribution is -2.57. The molecule has 1 saturated heterocycles. The molecule has 1 fully saturated rings. The molecule has 0 radical (unpaired) electrons. The molecular weight excluding hydrogens is 402 g/mol. The normalized spacial score (nSPS) is 16.2. The van der Waals surface area contributed by atoms with Gasteiger partial charge in [-0.15, -0.1) is 0 Å². The van der Waals surface area contributed by atoms with Gasteiger partial charge in [-0.2, -0.15) is 0 Å². The highest BCUT2D eigenvalue weighted by Gasteiger charge is 2.35. The lowest BCUT2D eigenvalue weighted by atomic mass is 10.0. The Labute approximate surface area is 188 Å². The summed E-state index contributed by atoms with van der Waals surface area (Å²) in [6, 6.07) is 22.9. The van der Waals surface area contributed by atoms with E-state index >= 15 is 0 Å². The van der Waals surface area contributed by atoms with Crippen LogP contribution in [0.25, 0.3) is 0 Å². The predicted octanol–water partition coefficient (Wildman–Crippen LogP) is 3.58. The summed E-state index contributed by atoms with van der Waals surface area (Å²) in [5, 5.41) is 0. The summed E-state index contributed by atoms with van der Waals surface area (Å²) >= 11 is 0. The van der Waals surface area contributed by atoms with E-state index in [2.05, 4.69) is 17.1 Å². The zero-order valence-corrected chi connectivity index (χ0v) is 18.2. The molecule has 0 aliphatic carbocycles. The molecule has 0 bridgehead atoms. The Morgan fingerprint density at radius 2 is 1.78 bits per heavy atom. The number of benzene rings is 2. The highest BCUT2D eigenvalue weighted by atomic mass is 16.5. The number of hydrogen-bond donors (Lipinski definition) is 0. The lowest BCUT2D eigenvalue weighted by molar-refractivity contribution is -0.139. The van der Waals surface area contributed by atoms with Gasteiger partial charge in [0.05, 0.1) is 25.4 Å². The Hall–Kier alpha value is -3.67. The zero-order valence-electron chi connectivity index (χ0n) is 18.2. The van der Waals surface area contributed by atoms with Crippen molar-refractivity contribution < 1.29 is 14.3 Å². The van der Waals surface area contributed by atoms with Gasteiger partial charge in [-0.3, -0.25) is 14.6 Å². The molecule has 0 N–H and O–H groups in total. The minimum Gasteiger partial charge on any atom is -0.497 e. The molecule has 2 aromatic carbocycles. The van der Waals surface area contributed by atoms with Crippen LogP contribution in [0.1, 0.15) is 28.0 Å². The third-order valence-corrected chi connectivity index (χ3v) is 5.81. The van der Waals surface area contributed by atoms with Crippen LogP contribution in [0.5, 0.6) is 5.75 Å². The predicted molar refractivity (Wildman–Crippen MR) is 122 cm³/mol. The molecular formula is C26H27N3O3. The van der Waals surface area contributed by atoms with Crippen LogP contribution in [0.15, 0.2) is 79.0 Å². The van der Waals surface area contributed by atoms with Gasteiger partial charge in [0.1, 0.15) is 12.3 Å². The standard InChI is InChI=1S/C26H27N3O3/c1-32-24-14-11-21(12-15-24)26(31)28-18-23(13-10-20-7-3-2-4-8-20)29(25(30)19-28)17-22-9-5-6-16-27-22/h2-9,11-12,14-16,23H,10,13,17-19H2,1H3/t23-/m0/s1. The highest BCUT2D eigenvalue weighted by Crippen LogP contribution is 2.21. The van der Waals surface area contributed by atoms with Crippen molar-refractivity contribution in [2.45, 2.75) is 25.4 Å². The monoisotopic (exact) mass is 429 g/mol. The van der Waals surface area contributed by atoms with E-state index in [0.717, 1.165) is 18.5 Å². The van der Waals surface area contributed by atoms with Crippen LogP contribution in [0.4, 0.5) is 0 Å². The summed E-state index contributed by atoms with van der Waals surface area (Å²) in [5.74, 6) is 0.503. The molecule has 2 amide bonds. The van der Waals surface area contributed by atoms with Crippen molar-refractivity contribution in [3.8, 4) is 5.75 Å². The smallest absolute Gasteiger partial charge is 0.254 e. The Balaban J connectivity index is 1.52. The van der Waals surface area contributed by atoms with Crippen molar-refractivity contribution >= 4 is 11.8 Å². The summed E-state index contributed by atoms with van der Waals surface area (Å²) in [5.41, 5.74) is 2.62. The number of carbonyl (C=O) groups excluding carboxylic acids is 2. The van der Waals surface area contributed by atoms with Crippen LogP contribution in [0.2, 0.25) is 0 Å². The van der Waals surface area contributed by atoms with Gasteiger partial charge in [0.25, 0.3) is 5.91 Å². The molecule has 3 aromatic rings. The second-order valence-electron chi connectivity index (χ2n) is 7.93. The van der Waals surface area contributed by atoms with Crippen LogP contribution < -0.4 is 4.74 Å². The third-order valence-electron chi connectivity index (χ3n) is 5.81. The second-order valence-corrected chi connectivity index (χ2v) is 7.93. The van der Waals surface area contributed by atoms with Gasteiger partial charge in [0, 0.05) is 18.3 Å². The molecule has 164 valence electrons. The zero-order chi connectivity index (χ0) is 22.3. The number of carbonyl (C=O) groups is 2. The third kappa shape index (κ3) is 5.14. The van der Waals surface area contributed by atoms with E-state index in [4.69, 9.17) is 4.74 Å². The number of amides is 2. The van der Waals surface area contributed by atoms with Gasteiger partial charge < -0.3 is 14.5 Å². The molecule has 6 nitrogen and oxygen atoms in total. The second kappa shape index (κ2) is 10.1. The Morgan fingerprint density at radius 3 is 2.47 bits per heavy atom. The average molecular weight is 430 g/mol. The number of pyridine rings is 1. The summed E-state index contributed by atoms with van der Waals surface area (Å²) < 4.78 is 5.18. The van der Waals surface area contributed by atoms with E-state index in [-0.39, 0.29) is 24.4 Å². The summed E-state index contributed by atoms with van der Waals surface area (Å²) in [6.07, 6.45) is 3.35. The SMILES string of the molecule is COc1ccc(C(=O)N2CC(=O)N(Cc3ccccn3)[C@@H](CCc3ccccc3)C2)cc1. The topological polar surface area (TPSA) is 62.7 Å². The van der Waals surface area contributed by atoms with Crippen LogP contribution in [-0.4, -0.2) is 52.8 Å². The number of hydrogen-bond acceptors (Lipinski definition) is 4. The van der Waals surface area contributed by atoms with E-state index < -0.39 is 0 Å². The average Bonchev–Trinajstić information content (AvgIpc) is 2.85. The fourth-order valence-electron chi connectivity index (χ4n) is 4.05. The molecule has 0 saturated carbocycles. The maximum absolute atomic E-state index is 13.2. The van der Waals surface area contributed by atoms with E-state index in [0.29, 0.717) is 24.4 Å². The van der Waals surface area contributed by atoms with E-state index in [9.17, 15) is 9.59 Å². The number of methoxy groups -OCH3 is 1. The van der Waals surface area contributed by atoms with Crippen LogP contribution >= 0.6 is 0 Å². The number of aryl methyl sites for hydroxylation is 1. The van der Waals surface area contributed by atoms with Crippen molar-refractivity contribution in [2.24, 2.45) is 0 Å². The number of rotatable bonds is 7. The Morgan fingerprint density at radius 1 is 1.03 bits per heavy atom. The Bertz CT molecular complexity index is 1040. The largest absolute Gasteiger partial charge is 0.497 e. The van der Waals surface area contributed by atoms with Crippen molar-refractivity contribution in [3.05, 3.63) is 95.8 Å². The van der Waals surface area contributed by atoms with E-state index in [1.165, 1.54) is 5.56 Å². The number of nitrogens with zero attached hydrogens (tertiary/aromatic N) is 3. The maximum Gasteiger partial charge on any atom is 0.254 e. The van der Waals surface area contributed by atoms with Crippen molar-refractivity contribution in [1.29, 1.82) is 0 Å². The number of ether oxygens (including phenoxy) is 1. The quantitative estimate of drug-likeness (QED) is 0.576. The lowest BCUT2D eigenvalue weighted by Gasteiger charge is -2.41. The van der Waals surface area contributed by atoms with Gasteiger partial charge in [-0.25, -0.2) is 0 Å². The van der Waals surface area contributed by atoms with Gasteiger partial charge in [0.15, 0.2) is 0 Å². The van der Waals surface area contributed by atoms with Gasteiger partial charge in [0.2, 0.25) is 5.91 Å². The number of aromatic nitrogens is 1. The molecule has 1 aliphatic heterocycles. The van der Waals surface area contributed by atoms with Gasteiger partial charge >= 0.3 is 0 Å². The molecule has 0 spiro atoms. The van der Waals surface area contributed by atoms with E-state index in [1.807, 2.05) is 41.3 Å². The molecule has 32 heavy (non-hydrogen) atoms. The van der Waals surface area contributed by atoms with Crippen LogP contribution in [-0.2, 0) is 17.8 Å². The molecule has 1 aliphatic rings. The first kappa shape index (κ1) is 21.6. The molecule has 1 aromatic heterocycles. The van der Waals surface area contributed by atoms with Crippen LogP contribution in [0, 0.1) is 0 Å². The molecule has 1 atom stereocenters. The molecule has 4 rings (SSSR count). The first-order chi connectivity index (χ1) is 15.6. The van der Waals surface area contributed by atoms with Crippen molar-refractivity contribution in [1.82, 2.24) is 14.8 Å². The number of piperazine rings is 1. The Kier molecular flexibility index (Phi) is 6.80. The van der Waals surface area contributed by atoms with Gasteiger partial charge in [-0.05, 0) is 54.8 Å². The fourth-order valence-corrected chi connectivity index (χ4v) is 4.05. The first-order valence-corrected chi connectivity index (χ1v) is 10.8. The summed E-state index contributed by atoms with van der Waals surface area (Å²) in [4.78, 5) is 34.2.